The standard InChI is InChI=1S/C20H15N.3CH4/c21-16-20(17-10-4-1-5-11-17,18-12-6-2-7-13-18)19-14-8-3-9-15-19;;;/h1-15H;3*1H4. The second-order valence-corrected chi connectivity index (χ2v) is 4.96. The summed E-state index contributed by atoms with van der Waals surface area (Å²) >= 11 is 0. The van der Waals surface area contributed by atoms with Crippen LogP contribution in [0.4, 0.5) is 0 Å². The van der Waals surface area contributed by atoms with E-state index in [-0.39, 0.29) is 22.3 Å². The molecule has 0 saturated carbocycles. The van der Waals surface area contributed by atoms with E-state index in [0.29, 0.717) is 0 Å². The van der Waals surface area contributed by atoms with Crippen LogP contribution in [0, 0.1) is 11.3 Å². The summed E-state index contributed by atoms with van der Waals surface area (Å²) < 4.78 is 0. The molecule has 1 nitrogen and oxygen atoms in total. The van der Waals surface area contributed by atoms with Gasteiger partial charge in [0.2, 0.25) is 0 Å². The molecule has 0 aliphatic rings. The third kappa shape index (κ3) is 3.55. The van der Waals surface area contributed by atoms with E-state index in [2.05, 4.69) is 6.07 Å². The fourth-order valence-electron chi connectivity index (χ4n) is 2.76. The molecule has 0 fully saturated rings. The summed E-state index contributed by atoms with van der Waals surface area (Å²) in [5.41, 5.74) is 2.20. The largest absolute Gasteiger partial charge is 0.197 e. The highest BCUT2D eigenvalue weighted by atomic mass is 14.4. The van der Waals surface area contributed by atoms with E-state index >= 15 is 0 Å². The van der Waals surface area contributed by atoms with Gasteiger partial charge in [-0.15, -0.1) is 0 Å². The zero-order valence-corrected chi connectivity index (χ0v) is 11.6. The van der Waals surface area contributed by atoms with Gasteiger partial charge < -0.3 is 0 Å². The summed E-state index contributed by atoms with van der Waals surface area (Å²) in [4.78, 5) is 0. The molecular weight excluding hydrogens is 290 g/mol. The molecule has 124 valence electrons. The highest BCUT2D eigenvalue weighted by Gasteiger charge is 2.36. The van der Waals surface area contributed by atoms with E-state index in [4.69, 9.17) is 0 Å². The van der Waals surface area contributed by atoms with Crippen molar-refractivity contribution in [2.75, 3.05) is 0 Å². The first kappa shape index (κ1) is 21.1. The monoisotopic (exact) mass is 317 g/mol. The number of hydrogen-bond donors (Lipinski definition) is 0. The molecule has 3 aromatic rings. The number of benzene rings is 3. The summed E-state index contributed by atoms with van der Waals surface area (Å²) in [7, 11) is 0. The minimum atomic E-state index is -0.774. The lowest BCUT2D eigenvalue weighted by Crippen LogP contribution is -2.27. The van der Waals surface area contributed by atoms with Gasteiger partial charge in [-0.3, -0.25) is 0 Å². The Morgan fingerprint density at radius 1 is 0.500 bits per heavy atom. The van der Waals surface area contributed by atoms with Crippen molar-refractivity contribution in [3.05, 3.63) is 108 Å². The van der Waals surface area contributed by atoms with Crippen molar-refractivity contribution in [1.82, 2.24) is 0 Å². The molecule has 0 N–H and O–H groups in total. The second kappa shape index (κ2) is 9.33. The molecule has 0 bridgehead atoms. The van der Waals surface area contributed by atoms with Crippen LogP contribution in [0.1, 0.15) is 39.0 Å². The van der Waals surface area contributed by atoms with Gasteiger partial charge in [-0.05, 0) is 16.7 Å². The van der Waals surface area contributed by atoms with E-state index in [9.17, 15) is 5.26 Å². The molecule has 0 heterocycles. The predicted molar refractivity (Wildman–Crippen MR) is 105 cm³/mol. The number of nitrogens with zero attached hydrogens (tertiary/aromatic N) is 1. The highest BCUT2D eigenvalue weighted by Crippen LogP contribution is 2.38. The minimum absolute atomic E-state index is 0. The van der Waals surface area contributed by atoms with Crippen molar-refractivity contribution in [3.8, 4) is 6.07 Å². The first-order valence-electron chi connectivity index (χ1n) is 6.96. The minimum Gasteiger partial charge on any atom is -0.197 e. The van der Waals surface area contributed by atoms with Crippen LogP contribution in [0.2, 0.25) is 0 Å². The normalized spacial score (nSPS) is 9.46. The zero-order chi connectivity index (χ0) is 14.5. The average molecular weight is 317 g/mol. The van der Waals surface area contributed by atoms with Crippen LogP contribution >= 0.6 is 0 Å². The van der Waals surface area contributed by atoms with E-state index in [1.54, 1.807) is 0 Å². The molecule has 0 amide bonds. The molecule has 3 aromatic carbocycles. The summed E-state index contributed by atoms with van der Waals surface area (Å²) in [6, 6.07) is 32.5. The molecule has 0 unspecified atom stereocenters. The van der Waals surface area contributed by atoms with Gasteiger partial charge in [-0.2, -0.15) is 5.26 Å². The van der Waals surface area contributed by atoms with Crippen LogP contribution in [-0.4, -0.2) is 0 Å². The molecule has 0 aliphatic carbocycles. The third-order valence-corrected chi connectivity index (χ3v) is 3.79. The van der Waals surface area contributed by atoms with Gasteiger partial charge in [0.05, 0.1) is 6.07 Å². The van der Waals surface area contributed by atoms with Crippen LogP contribution < -0.4 is 0 Å². The van der Waals surface area contributed by atoms with Crippen LogP contribution in [-0.2, 0) is 5.41 Å². The van der Waals surface area contributed by atoms with Crippen LogP contribution in [0.5, 0.6) is 0 Å². The van der Waals surface area contributed by atoms with Gasteiger partial charge in [-0.25, -0.2) is 0 Å². The van der Waals surface area contributed by atoms with Crippen LogP contribution in [0.25, 0.3) is 0 Å². The van der Waals surface area contributed by atoms with Crippen molar-refractivity contribution in [2.45, 2.75) is 27.7 Å². The first-order chi connectivity index (χ1) is 10.4. The Balaban J connectivity index is 0.00000176. The van der Waals surface area contributed by atoms with Crippen molar-refractivity contribution < 1.29 is 0 Å². The molecule has 0 saturated heterocycles. The maximum absolute atomic E-state index is 10.1. The van der Waals surface area contributed by atoms with Gasteiger partial charge >= 0.3 is 0 Å². The summed E-state index contributed by atoms with van der Waals surface area (Å²) in [6.07, 6.45) is 0. The zero-order valence-electron chi connectivity index (χ0n) is 11.6. The number of nitriles is 1. The molecule has 0 spiro atoms. The average Bonchev–Trinajstić information content (AvgIpc) is 2.59. The molecule has 0 aliphatic heterocycles. The molecule has 3 rings (SSSR count). The lowest BCUT2D eigenvalue weighted by molar-refractivity contribution is 0.795. The highest BCUT2D eigenvalue weighted by molar-refractivity contribution is 5.56. The van der Waals surface area contributed by atoms with E-state index in [0.717, 1.165) is 16.7 Å². The number of rotatable bonds is 3. The fourth-order valence-corrected chi connectivity index (χ4v) is 2.76. The quantitative estimate of drug-likeness (QED) is 0.509. The van der Waals surface area contributed by atoms with Crippen molar-refractivity contribution in [2.24, 2.45) is 0 Å². The van der Waals surface area contributed by atoms with E-state index in [1.807, 2.05) is 91.0 Å². The fraction of sp³-hybridized carbons (Fsp3) is 0.174. The molecule has 0 aromatic heterocycles. The maximum atomic E-state index is 10.1. The summed E-state index contributed by atoms with van der Waals surface area (Å²) in [5, 5.41) is 10.1. The molecule has 0 radical (unpaired) electrons. The maximum Gasteiger partial charge on any atom is 0.132 e. The first-order valence-corrected chi connectivity index (χ1v) is 6.96. The second-order valence-electron chi connectivity index (χ2n) is 4.96. The molecule has 0 atom stereocenters. The van der Waals surface area contributed by atoms with E-state index in [1.165, 1.54) is 0 Å². The Morgan fingerprint density at radius 3 is 0.958 bits per heavy atom. The lowest BCUT2D eigenvalue weighted by Gasteiger charge is -2.28. The Labute approximate surface area is 147 Å². The Morgan fingerprint density at radius 2 is 0.750 bits per heavy atom. The van der Waals surface area contributed by atoms with Gasteiger partial charge in [-0.1, -0.05) is 113 Å². The topological polar surface area (TPSA) is 23.8 Å². The van der Waals surface area contributed by atoms with Crippen LogP contribution in [0.15, 0.2) is 91.0 Å². The smallest absolute Gasteiger partial charge is 0.132 e. The van der Waals surface area contributed by atoms with Crippen molar-refractivity contribution >= 4 is 0 Å². The lowest BCUT2D eigenvalue weighted by atomic mass is 9.71. The summed E-state index contributed by atoms with van der Waals surface area (Å²) in [6.45, 7) is 0. The van der Waals surface area contributed by atoms with Gasteiger partial charge in [0.25, 0.3) is 0 Å². The van der Waals surface area contributed by atoms with Crippen molar-refractivity contribution in [1.29, 1.82) is 5.26 Å². The van der Waals surface area contributed by atoms with Crippen molar-refractivity contribution in [3.63, 3.8) is 0 Å². The van der Waals surface area contributed by atoms with Crippen LogP contribution in [0.3, 0.4) is 0 Å². The van der Waals surface area contributed by atoms with Gasteiger partial charge in [0, 0.05) is 0 Å². The molecule has 24 heavy (non-hydrogen) atoms. The number of hydrogen-bond acceptors (Lipinski definition) is 1. The SMILES string of the molecule is C.C.C.N#CC(c1ccccc1)(c1ccccc1)c1ccccc1. The third-order valence-electron chi connectivity index (χ3n) is 3.79. The van der Waals surface area contributed by atoms with Gasteiger partial charge in [0.1, 0.15) is 5.41 Å². The Bertz CT molecular complexity index is 644. The molecule has 1 heteroatoms. The van der Waals surface area contributed by atoms with E-state index < -0.39 is 5.41 Å². The Hall–Kier alpha value is -2.85. The Kier molecular flexibility index (Phi) is 8.22. The molecular formula is C23H27N. The van der Waals surface area contributed by atoms with Gasteiger partial charge in [0.15, 0.2) is 0 Å². The summed E-state index contributed by atoms with van der Waals surface area (Å²) in [5.74, 6) is 0. The predicted octanol–water partition coefficient (Wildman–Crippen LogP) is 6.45.